The first-order valence-electron chi connectivity index (χ1n) is 34.1. The molecule has 470 valence electrons. The summed E-state index contributed by atoms with van der Waals surface area (Å²) in [4.78, 5) is 10.4. The van der Waals surface area contributed by atoms with E-state index in [1.165, 1.54) is 111 Å². The Kier molecular flexibility index (Phi) is 13.4. The van der Waals surface area contributed by atoms with Gasteiger partial charge in [-0.15, -0.1) is 0 Å². The SMILES string of the molecule is Cc1cc(C)c(Oc2cc3c4c(c2)N(c2c(C)cccc2C)c2ccc5cc2B4c2cc4c(cc2N3c2ccccc2C)N(c2ccccc2C)c2cc(Oc3c(C)cc(C)cc3C)cc3c2B4c2cc(ccc2N3c2c(C)cccc2C)C5(C(C)(C)C)C(C)(C)C)c(C)c1. The third-order valence-corrected chi connectivity index (χ3v) is 22.0. The summed E-state index contributed by atoms with van der Waals surface area (Å²) in [6, 6.07) is 70.6. The number of nitrogens with zero attached hydrogens (tertiary/aromatic N) is 4. The molecule has 6 bridgehead atoms. The van der Waals surface area contributed by atoms with Crippen LogP contribution in [-0.4, -0.2) is 13.4 Å². The van der Waals surface area contributed by atoms with Gasteiger partial charge in [0.15, 0.2) is 0 Å². The Labute approximate surface area is 564 Å². The summed E-state index contributed by atoms with van der Waals surface area (Å²) >= 11 is 0. The molecule has 5 aliphatic rings. The van der Waals surface area contributed by atoms with Crippen LogP contribution in [-0.2, 0) is 5.41 Å². The molecule has 11 aromatic rings. The molecule has 0 aliphatic carbocycles. The molecule has 95 heavy (non-hydrogen) atoms. The number of hydrogen-bond donors (Lipinski definition) is 0. The molecular weight excluding hydrogens is 1150 g/mol. The lowest BCUT2D eigenvalue weighted by Crippen LogP contribution is -2.66. The zero-order chi connectivity index (χ0) is 66.4. The highest BCUT2D eigenvalue weighted by Crippen LogP contribution is 2.60. The summed E-state index contributed by atoms with van der Waals surface area (Å²) in [6.45, 7) is 41.3. The highest BCUT2D eigenvalue weighted by Gasteiger charge is 2.56. The van der Waals surface area contributed by atoms with E-state index in [2.05, 4.69) is 326 Å². The quantitative estimate of drug-likeness (QED) is 0.141. The van der Waals surface area contributed by atoms with E-state index >= 15 is 0 Å². The molecule has 0 radical (unpaired) electrons. The van der Waals surface area contributed by atoms with Crippen LogP contribution in [0.5, 0.6) is 23.0 Å². The molecule has 0 spiro atoms. The highest BCUT2D eigenvalue weighted by atomic mass is 16.5. The van der Waals surface area contributed by atoms with Crippen molar-refractivity contribution in [3.05, 3.63) is 260 Å². The third kappa shape index (κ3) is 8.70. The smallest absolute Gasteiger partial charge is 0.252 e. The van der Waals surface area contributed by atoms with Gasteiger partial charge in [0.05, 0.1) is 11.4 Å². The molecule has 5 aliphatic heterocycles. The lowest BCUT2D eigenvalue weighted by atomic mass is 9.29. The van der Waals surface area contributed by atoms with Crippen LogP contribution in [0, 0.1) is 93.9 Å². The Hall–Kier alpha value is -9.65. The average Bonchev–Trinajstić information content (AvgIpc) is 0.676. The molecule has 16 rings (SSSR count). The number of ether oxygens (including phenoxy) is 2. The van der Waals surface area contributed by atoms with Crippen LogP contribution in [0.1, 0.15) is 119 Å². The van der Waals surface area contributed by atoms with E-state index in [-0.39, 0.29) is 24.3 Å². The van der Waals surface area contributed by atoms with Crippen LogP contribution in [0.3, 0.4) is 0 Å². The molecule has 0 fully saturated rings. The van der Waals surface area contributed by atoms with Crippen molar-refractivity contribution < 1.29 is 9.47 Å². The van der Waals surface area contributed by atoms with Crippen molar-refractivity contribution in [1.29, 1.82) is 0 Å². The number of para-hydroxylation sites is 4. The van der Waals surface area contributed by atoms with Crippen LogP contribution >= 0.6 is 0 Å². The van der Waals surface area contributed by atoms with Crippen LogP contribution in [0.15, 0.2) is 182 Å². The minimum Gasteiger partial charge on any atom is -0.457 e. The number of anilines is 12. The van der Waals surface area contributed by atoms with Gasteiger partial charge in [-0.1, -0.05) is 180 Å². The predicted molar refractivity (Wildman–Crippen MR) is 404 cm³/mol. The standard InChI is InChI=1S/C87H84B2N4O2/c1-49-37-57(9)83(58(10)38-49)94-63-43-75-79-77(45-63)92(81-53(5)27-23-28-54(81)6)71-35-33-61-41-65(71)88(79)67-47-68-74(48-73(67)90(75)69-31-21-19-25-51(69)3)91(70-32-22-20-26-52(70)4)76-44-64(95-84-59(11)39-50(2)40-60(84)12)46-78-80(76)89(68)66-42-62(87(61,85(13,14)15)86(16,17)18)34-36-72(66)93(78)82-55(7)29-24-30-56(82)8/h19-48H,1-18H3. The number of fused-ring (bicyclic) bond motifs is 2. The normalized spacial score (nSPS) is 14.4. The van der Waals surface area contributed by atoms with Crippen molar-refractivity contribution in [2.75, 3.05) is 19.6 Å². The third-order valence-electron chi connectivity index (χ3n) is 22.0. The summed E-state index contributed by atoms with van der Waals surface area (Å²) in [5, 5.41) is 0. The van der Waals surface area contributed by atoms with Crippen molar-refractivity contribution in [1.82, 2.24) is 0 Å². The first-order chi connectivity index (χ1) is 45.3. The van der Waals surface area contributed by atoms with Gasteiger partial charge in [0.2, 0.25) is 0 Å². The van der Waals surface area contributed by atoms with Gasteiger partial charge in [-0.2, -0.15) is 0 Å². The molecule has 0 N–H and O–H groups in total. The fourth-order valence-electron chi connectivity index (χ4n) is 18.9. The lowest BCUT2D eigenvalue weighted by molar-refractivity contribution is 0.0908. The largest absolute Gasteiger partial charge is 0.457 e. The Bertz CT molecular complexity index is 4740. The molecule has 0 atom stereocenters. The van der Waals surface area contributed by atoms with E-state index in [0.717, 1.165) is 90.8 Å². The molecule has 11 aromatic carbocycles. The topological polar surface area (TPSA) is 31.4 Å². The zero-order valence-electron chi connectivity index (χ0n) is 58.6. The number of aryl methyl sites for hydroxylation is 12. The second-order valence-electron chi connectivity index (χ2n) is 30.4. The first-order valence-corrected chi connectivity index (χ1v) is 34.1. The van der Waals surface area contributed by atoms with Gasteiger partial charge in [-0.05, 0) is 224 Å². The van der Waals surface area contributed by atoms with Gasteiger partial charge in [-0.3, -0.25) is 0 Å². The summed E-state index contributed by atoms with van der Waals surface area (Å²) < 4.78 is 15.0. The van der Waals surface area contributed by atoms with Gasteiger partial charge in [-0.25, -0.2) is 0 Å². The summed E-state index contributed by atoms with van der Waals surface area (Å²) in [7, 11) is 0. The van der Waals surface area contributed by atoms with Crippen molar-refractivity contribution >= 4 is 114 Å². The number of benzene rings is 11. The van der Waals surface area contributed by atoms with Crippen molar-refractivity contribution in [2.45, 2.75) is 130 Å². The first kappa shape index (κ1) is 60.3. The highest BCUT2D eigenvalue weighted by molar-refractivity contribution is 7.03. The van der Waals surface area contributed by atoms with Crippen molar-refractivity contribution in [3.8, 4) is 23.0 Å². The maximum Gasteiger partial charge on any atom is 0.252 e. The zero-order valence-corrected chi connectivity index (χ0v) is 58.6. The average molecular weight is 1240 g/mol. The van der Waals surface area contributed by atoms with Crippen LogP contribution in [0.25, 0.3) is 0 Å². The minimum atomic E-state index is -0.547. The van der Waals surface area contributed by atoms with Crippen LogP contribution < -0.4 is 61.9 Å². The fourth-order valence-corrected chi connectivity index (χ4v) is 18.9. The van der Waals surface area contributed by atoms with Gasteiger partial charge in [0.1, 0.15) is 23.0 Å². The molecule has 8 heteroatoms. The van der Waals surface area contributed by atoms with E-state index in [1.807, 2.05) is 0 Å². The number of rotatable bonds is 8. The maximum atomic E-state index is 7.48. The van der Waals surface area contributed by atoms with Crippen LogP contribution in [0.4, 0.5) is 68.2 Å². The molecule has 0 aromatic heterocycles. The van der Waals surface area contributed by atoms with Crippen molar-refractivity contribution in [2.24, 2.45) is 10.8 Å². The minimum absolute atomic E-state index is 0.220. The summed E-state index contributed by atoms with van der Waals surface area (Å²) in [5.41, 5.74) is 36.8. The van der Waals surface area contributed by atoms with Gasteiger partial charge in [0.25, 0.3) is 13.4 Å². The van der Waals surface area contributed by atoms with E-state index in [4.69, 9.17) is 9.47 Å². The molecular formula is C87H84B2N4O2. The van der Waals surface area contributed by atoms with E-state index < -0.39 is 5.41 Å². The Morgan fingerprint density at radius 3 is 0.958 bits per heavy atom. The summed E-state index contributed by atoms with van der Waals surface area (Å²) in [6.07, 6.45) is 0. The molecule has 5 heterocycles. The Morgan fingerprint density at radius 2 is 0.611 bits per heavy atom. The van der Waals surface area contributed by atoms with Crippen LogP contribution in [0.2, 0.25) is 0 Å². The molecule has 6 nitrogen and oxygen atoms in total. The molecule has 0 saturated carbocycles. The van der Waals surface area contributed by atoms with Gasteiger partial charge < -0.3 is 29.1 Å². The van der Waals surface area contributed by atoms with E-state index in [9.17, 15) is 0 Å². The van der Waals surface area contributed by atoms with Gasteiger partial charge >= 0.3 is 0 Å². The maximum absolute atomic E-state index is 7.48. The molecule has 0 amide bonds. The van der Waals surface area contributed by atoms with Crippen molar-refractivity contribution in [3.63, 3.8) is 0 Å². The van der Waals surface area contributed by atoms with Gasteiger partial charge in [0, 0.05) is 86.6 Å². The predicted octanol–water partition coefficient (Wildman–Crippen LogP) is 19.8. The number of hydrogen-bond acceptors (Lipinski definition) is 6. The second kappa shape index (κ2) is 21.2. The Balaban J connectivity index is 1.12. The fraction of sp³-hybridized carbons (Fsp3) is 0.241. The Morgan fingerprint density at radius 1 is 0.284 bits per heavy atom. The summed E-state index contributed by atoms with van der Waals surface area (Å²) in [5.74, 6) is 3.34. The second-order valence-corrected chi connectivity index (χ2v) is 30.4. The van der Waals surface area contributed by atoms with E-state index in [0.29, 0.717) is 0 Å². The molecule has 0 unspecified atom stereocenters. The molecule has 0 saturated heterocycles. The van der Waals surface area contributed by atoms with E-state index in [1.54, 1.807) is 0 Å². The monoisotopic (exact) mass is 1240 g/mol. The lowest BCUT2D eigenvalue weighted by Gasteiger charge is -2.56.